The quantitative estimate of drug-likeness (QED) is 0.0717. The monoisotopic (exact) mass is 474 g/mol. The highest BCUT2D eigenvalue weighted by Crippen LogP contribution is 2.30. The van der Waals surface area contributed by atoms with Crippen molar-refractivity contribution >= 4 is 0 Å². The molecule has 1 aliphatic carbocycles. The van der Waals surface area contributed by atoms with Crippen molar-refractivity contribution in [2.75, 3.05) is 26.9 Å². The van der Waals surface area contributed by atoms with Crippen molar-refractivity contribution in [1.29, 1.82) is 0 Å². The van der Waals surface area contributed by atoms with Crippen LogP contribution >= 0.6 is 0 Å². The van der Waals surface area contributed by atoms with Crippen molar-refractivity contribution in [2.24, 2.45) is 0 Å². The minimum Gasteiger partial charge on any atom is -0.351 e. The van der Waals surface area contributed by atoms with Gasteiger partial charge in [0.2, 0.25) is 5.79 Å². The van der Waals surface area contributed by atoms with Gasteiger partial charge < -0.3 is 4.74 Å². The minimum atomic E-state index is -0.821. The largest absolute Gasteiger partial charge is 0.351 e. The maximum Gasteiger partial charge on any atom is 0.233 e. The zero-order valence-corrected chi connectivity index (χ0v) is 21.8. The maximum absolute atomic E-state index is 5.92. The van der Waals surface area contributed by atoms with Gasteiger partial charge in [0.25, 0.3) is 0 Å². The fourth-order valence-corrected chi connectivity index (χ4v) is 3.56. The number of hydrogen-bond acceptors (Lipinski definition) is 7. The molecule has 1 saturated carbocycles. The third kappa shape index (κ3) is 16.7. The molecule has 0 aromatic heterocycles. The van der Waals surface area contributed by atoms with E-state index in [2.05, 4.69) is 6.58 Å². The van der Waals surface area contributed by atoms with Crippen molar-refractivity contribution in [2.45, 2.75) is 129 Å². The van der Waals surface area contributed by atoms with Gasteiger partial charge in [-0.15, -0.1) is 6.58 Å². The first-order valence-electron chi connectivity index (χ1n) is 13.0. The summed E-state index contributed by atoms with van der Waals surface area (Å²) in [6.45, 7) is 11.1. The SMILES string of the molecule is C=C(C)CCOOC1(OOCCCCCCOOC(C)(C)OC)CCCCCCCCCC1. The van der Waals surface area contributed by atoms with Crippen molar-refractivity contribution in [3.05, 3.63) is 12.2 Å². The van der Waals surface area contributed by atoms with Gasteiger partial charge in [0.05, 0.1) is 19.8 Å². The van der Waals surface area contributed by atoms with E-state index in [9.17, 15) is 0 Å². The molecule has 7 nitrogen and oxygen atoms in total. The van der Waals surface area contributed by atoms with Crippen molar-refractivity contribution < 1.29 is 34.1 Å². The molecule has 0 radical (unpaired) electrons. The average molecular weight is 475 g/mol. The highest BCUT2D eigenvalue weighted by atomic mass is 17.3. The van der Waals surface area contributed by atoms with Crippen LogP contribution < -0.4 is 0 Å². The zero-order chi connectivity index (χ0) is 24.3. The summed E-state index contributed by atoms with van der Waals surface area (Å²) in [6.07, 6.45) is 15.9. The molecule has 1 aliphatic rings. The second kappa shape index (κ2) is 18.7. The Morgan fingerprint density at radius 3 is 1.73 bits per heavy atom. The van der Waals surface area contributed by atoms with E-state index < -0.39 is 11.6 Å². The van der Waals surface area contributed by atoms with E-state index in [0.29, 0.717) is 19.8 Å². The van der Waals surface area contributed by atoms with Gasteiger partial charge in [-0.25, -0.2) is 19.6 Å². The predicted octanol–water partition coefficient (Wildman–Crippen LogP) is 7.35. The molecular weight excluding hydrogens is 424 g/mol. The van der Waals surface area contributed by atoms with Gasteiger partial charge in [-0.1, -0.05) is 56.9 Å². The van der Waals surface area contributed by atoms with Crippen LogP contribution in [0.15, 0.2) is 12.2 Å². The Labute approximate surface area is 202 Å². The highest BCUT2D eigenvalue weighted by Gasteiger charge is 2.35. The molecule has 1 fully saturated rings. The smallest absolute Gasteiger partial charge is 0.233 e. The second-order valence-electron chi connectivity index (χ2n) is 9.68. The Morgan fingerprint density at radius 2 is 1.21 bits per heavy atom. The molecule has 0 saturated heterocycles. The van der Waals surface area contributed by atoms with Gasteiger partial charge in [-0.3, -0.25) is 0 Å². The van der Waals surface area contributed by atoms with Gasteiger partial charge in [-0.05, 0) is 52.9 Å². The predicted molar refractivity (Wildman–Crippen MR) is 129 cm³/mol. The van der Waals surface area contributed by atoms with E-state index in [1.807, 2.05) is 20.8 Å². The van der Waals surface area contributed by atoms with Crippen LogP contribution in [0.5, 0.6) is 0 Å². The van der Waals surface area contributed by atoms with E-state index in [-0.39, 0.29) is 0 Å². The molecule has 196 valence electrons. The molecule has 0 spiro atoms. The fourth-order valence-electron chi connectivity index (χ4n) is 3.56. The molecule has 0 heterocycles. The number of methoxy groups -OCH3 is 1. The first kappa shape index (κ1) is 30.5. The summed E-state index contributed by atoms with van der Waals surface area (Å²) in [7, 11) is 1.59. The van der Waals surface area contributed by atoms with E-state index in [1.54, 1.807) is 7.11 Å². The lowest BCUT2D eigenvalue weighted by Crippen LogP contribution is -2.37. The van der Waals surface area contributed by atoms with Gasteiger partial charge in [-0.2, -0.15) is 9.78 Å². The van der Waals surface area contributed by atoms with E-state index in [1.165, 1.54) is 38.5 Å². The van der Waals surface area contributed by atoms with Crippen LogP contribution in [0.1, 0.15) is 117 Å². The number of hydrogen-bond donors (Lipinski definition) is 0. The molecule has 0 aromatic rings. The summed E-state index contributed by atoms with van der Waals surface area (Å²) in [5.74, 6) is -1.54. The Morgan fingerprint density at radius 1 is 0.727 bits per heavy atom. The first-order chi connectivity index (χ1) is 15.9. The van der Waals surface area contributed by atoms with Crippen molar-refractivity contribution in [1.82, 2.24) is 0 Å². The van der Waals surface area contributed by atoms with Gasteiger partial charge in [0.1, 0.15) is 0 Å². The Hall–Kier alpha value is -0.540. The van der Waals surface area contributed by atoms with Crippen LogP contribution in [0.2, 0.25) is 0 Å². The van der Waals surface area contributed by atoms with Gasteiger partial charge in [0, 0.05) is 20.0 Å². The van der Waals surface area contributed by atoms with Crippen LogP contribution in [0.4, 0.5) is 0 Å². The summed E-state index contributed by atoms with van der Waals surface area (Å²) >= 11 is 0. The summed E-state index contributed by atoms with van der Waals surface area (Å²) < 4.78 is 5.14. The molecule has 0 amide bonds. The van der Waals surface area contributed by atoms with E-state index in [0.717, 1.165) is 63.4 Å². The van der Waals surface area contributed by atoms with Crippen molar-refractivity contribution in [3.8, 4) is 0 Å². The minimum absolute atomic E-state index is 0.480. The molecule has 33 heavy (non-hydrogen) atoms. The van der Waals surface area contributed by atoms with Crippen LogP contribution in [0.3, 0.4) is 0 Å². The maximum atomic E-state index is 5.92. The summed E-state index contributed by atoms with van der Waals surface area (Å²) in [4.78, 5) is 33.4. The lowest BCUT2D eigenvalue weighted by atomic mass is 10.0. The van der Waals surface area contributed by atoms with Crippen LogP contribution in [0, 0.1) is 0 Å². The average Bonchev–Trinajstić information content (AvgIpc) is 2.83. The third-order valence-electron chi connectivity index (χ3n) is 5.86. The molecule has 0 bridgehead atoms. The Bertz CT molecular complexity index is 469. The van der Waals surface area contributed by atoms with Gasteiger partial charge >= 0.3 is 0 Å². The summed E-state index contributed by atoms with van der Waals surface area (Å²) in [5, 5.41) is 0. The van der Waals surface area contributed by atoms with Crippen LogP contribution in [0.25, 0.3) is 0 Å². The van der Waals surface area contributed by atoms with E-state index >= 15 is 0 Å². The van der Waals surface area contributed by atoms with E-state index in [4.69, 9.17) is 34.1 Å². The summed E-state index contributed by atoms with van der Waals surface area (Å²) in [6, 6.07) is 0. The second-order valence-corrected chi connectivity index (χ2v) is 9.68. The molecule has 7 heteroatoms. The highest BCUT2D eigenvalue weighted by molar-refractivity contribution is 4.86. The molecule has 0 aliphatic heterocycles. The van der Waals surface area contributed by atoms with Crippen molar-refractivity contribution in [3.63, 3.8) is 0 Å². The molecule has 1 rings (SSSR count). The number of rotatable bonds is 17. The normalized spacial score (nSPS) is 18.1. The fraction of sp³-hybridized carbons (Fsp3) is 0.923. The Balaban J connectivity index is 2.33. The van der Waals surface area contributed by atoms with Crippen LogP contribution in [-0.4, -0.2) is 38.5 Å². The molecule has 0 atom stereocenters. The van der Waals surface area contributed by atoms with Crippen LogP contribution in [-0.2, 0) is 34.1 Å². The first-order valence-corrected chi connectivity index (χ1v) is 13.0. The lowest BCUT2D eigenvalue weighted by molar-refractivity contribution is -0.514. The van der Waals surface area contributed by atoms with Gasteiger partial charge in [0.15, 0.2) is 5.79 Å². The molecule has 0 aromatic carbocycles. The number of ether oxygens (including phenoxy) is 1. The number of unbranched alkanes of at least 4 members (excludes halogenated alkanes) is 3. The zero-order valence-electron chi connectivity index (χ0n) is 21.8. The third-order valence-corrected chi connectivity index (χ3v) is 5.86. The standard InChI is InChI=1S/C26H50O7/c1-24(2)18-23-30-33-26(19-14-10-8-6-7-9-11-15-20-26)32-29-22-17-13-12-16-21-28-31-25(3,4)27-5/h1,6-23H2,2-5H3. The molecular formula is C26H50O7. The lowest BCUT2D eigenvalue weighted by Gasteiger charge is -2.31. The molecule has 0 unspecified atom stereocenters. The topological polar surface area (TPSA) is 64.6 Å². The summed E-state index contributed by atoms with van der Waals surface area (Å²) in [5.41, 5.74) is 1.08. The Kier molecular flexibility index (Phi) is 17.3. The molecule has 0 N–H and O–H groups in total.